The number of carbonyl (C=O) groups is 1. The van der Waals surface area contributed by atoms with Crippen LogP contribution in [0.25, 0.3) is 0 Å². The molecule has 0 aliphatic rings. The number of hydrogen-bond donors (Lipinski definition) is 2. The molecule has 4 nitrogen and oxygen atoms in total. The molecule has 21 heavy (non-hydrogen) atoms. The van der Waals surface area contributed by atoms with Gasteiger partial charge in [0.05, 0.1) is 0 Å². The number of rotatable bonds is 8. The Balaban J connectivity index is 2.67. The molecule has 1 atom stereocenters. The van der Waals surface area contributed by atoms with E-state index in [4.69, 9.17) is 4.74 Å². The van der Waals surface area contributed by atoms with Crippen LogP contribution in [-0.2, 0) is 4.79 Å². The van der Waals surface area contributed by atoms with Crippen molar-refractivity contribution in [2.24, 2.45) is 5.92 Å². The van der Waals surface area contributed by atoms with Crippen LogP contribution in [0.1, 0.15) is 44.9 Å². The second kappa shape index (κ2) is 8.67. The summed E-state index contributed by atoms with van der Waals surface area (Å²) in [5, 5.41) is 6.23. The highest BCUT2D eigenvalue weighted by Crippen LogP contribution is 2.26. The third-order valence-corrected chi connectivity index (χ3v) is 3.21. The van der Waals surface area contributed by atoms with E-state index in [9.17, 15) is 4.79 Å². The number of ether oxygens (including phenoxy) is 1. The van der Waals surface area contributed by atoms with Crippen LogP contribution in [0, 0.1) is 12.8 Å². The fourth-order valence-electron chi connectivity index (χ4n) is 2.07. The highest BCUT2D eigenvalue weighted by molar-refractivity contribution is 5.77. The maximum atomic E-state index is 11.7. The van der Waals surface area contributed by atoms with E-state index in [0.29, 0.717) is 12.5 Å². The third-order valence-electron chi connectivity index (χ3n) is 3.21. The summed E-state index contributed by atoms with van der Waals surface area (Å²) < 4.78 is 5.70. The standard InChI is InChI=1S/C17H28N2O2/c1-6-18-14(5)15-9-13(4)7-8-16(15)21-11-17(20)19-10-12(2)3/h7-9,12,14,18H,6,10-11H2,1-5H3,(H,19,20). The van der Waals surface area contributed by atoms with Crippen molar-refractivity contribution in [2.75, 3.05) is 19.7 Å². The monoisotopic (exact) mass is 292 g/mol. The summed E-state index contributed by atoms with van der Waals surface area (Å²) in [5.74, 6) is 1.14. The van der Waals surface area contributed by atoms with Gasteiger partial charge in [-0.3, -0.25) is 4.79 Å². The summed E-state index contributed by atoms with van der Waals surface area (Å²) in [5.41, 5.74) is 2.28. The van der Waals surface area contributed by atoms with Gasteiger partial charge in [0, 0.05) is 18.2 Å². The zero-order valence-electron chi connectivity index (χ0n) is 13.8. The number of aryl methyl sites for hydroxylation is 1. The van der Waals surface area contributed by atoms with Crippen LogP contribution >= 0.6 is 0 Å². The molecular weight excluding hydrogens is 264 g/mol. The zero-order chi connectivity index (χ0) is 15.8. The quantitative estimate of drug-likeness (QED) is 0.774. The molecule has 0 heterocycles. The van der Waals surface area contributed by atoms with Crippen LogP contribution in [0.3, 0.4) is 0 Å². The van der Waals surface area contributed by atoms with Gasteiger partial charge in [-0.25, -0.2) is 0 Å². The number of carbonyl (C=O) groups excluding carboxylic acids is 1. The Kier molecular flexibility index (Phi) is 7.23. The predicted octanol–water partition coefficient (Wildman–Crippen LogP) is 2.82. The molecule has 1 unspecified atom stereocenters. The van der Waals surface area contributed by atoms with E-state index in [1.54, 1.807) is 0 Å². The first kappa shape index (κ1) is 17.5. The highest BCUT2D eigenvalue weighted by atomic mass is 16.5. The van der Waals surface area contributed by atoms with Crippen molar-refractivity contribution in [1.82, 2.24) is 10.6 Å². The number of hydrogen-bond acceptors (Lipinski definition) is 3. The van der Waals surface area contributed by atoms with Gasteiger partial charge < -0.3 is 15.4 Å². The van der Waals surface area contributed by atoms with Crippen molar-refractivity contribution in [3.63, 3.8) is 0 Å². The maximum absolute atomic E-state index is 11.7. The van der Waals surface area contributed by atoms with E-state index in [1.807, 2.05) is 12.1 Å². The maximum Gasteiger partial charge on any atom is 0.257 e. The molecule has 4 heteroatoms. The molecule has 1 amide bonds. The van der Waals surface area contributed by atoms with Gasteiger partial charge in [-0.05, 0) is 32.4 Å². The Morgan fingerprint density at radius 3 is 2.62 bits per heavy atom. The number of benzene rings is 1. The van der Waals surface area contributed by atoms with Crippen molar-refractivity contribution in [3.8, 4) is 5.75 Å². The minimum absolute atomic E-state index is 0.0572. The summed E-state index contributed by atoms with van der Waals surface area (Å²) in [6, 6.07) is 6.25. The summed E-state index contributed by atoms with van der Waals surface area (Å²) in [4.78, 5) is 11.7. The van der Waals surface area contributed by atoms with E-state index in [2.05, 4.69) is 51.3 Å². The normalized spacial score (nSPS) is 12.3. The lowest BCUT2D eigenvalue weighted by Crippen LogP contribution is -2.32. The molecule has 0 fully saturated rings. The van der Waals surface area contributed by atoms with Crippen LogP contribution in [-0.4, -0.2) is 25.6 Å². The van der Waals surface area contributed by atoms with E-state index in [0.717, 1.165) is 17.9 Å². The smallest absolute Gasteiger partial charge is 0.257 e. The van der Waals surface area contributed by atoms with Gasteiger partial charge in [0.15, 0.2) is 6.61 Å². The lowest BCUT2D eigenvalue weighted by Gasteiger charge is -2.18. The van der Waals surface area contributed by atoms with Crippen molar-refractivity contribution < 1.29 is 9.53 Å². The molecule has 2 N–H and O–H groups in total. The summed E-state index contributed by atoms with van der Waals surface area (Å²) in [6.07, 6.45) is 0. The van der Waals surface area contributed by atoms with Gasteiger partial charge in [0.2, 0.25) is 0 Å². The first-order valence-corrected chi connectivity index (χ1v) is 7.67. The molecule has 118 valence electrons. The first-order chi connectivity index (χ1) is 9.93. The van der Waals surface area contributed by atoms with Gasteiger partial charge in [-0.2, -0.15) is 0 Å². The molecule has 0 aliphatic heterocycles. The number of nitrogens with one attached hydrogen (secondary N) is 2. The van der Waals surface area contributed by atoms with Gasteiger partial charge in [-0.15, -0.1) is 0 Å². The second-order valence-electron chi connectivity index (χ2n) is 5.81. The minimum Gasteiger partial charge on any atom is -0.483 e. The second-order valence-corrected chi connectivity index (χ2v) is 5.81. The van der Waals surface area contributed by atoms with Gasteiger partial charge >= 0.3 is 0 Å². The van der Waals surface area contributed by atoms with Gasteiger partial charge in [0.25, 0.3) is 5.91 Å². The van der Waals surface area contributed by atoms with Crippen molar-refractivity contribution in [3.05, 3.63) is 29.3 Å². The Bertz CT molecular complexity index is 458. The molecule has 1 aromatic carbocycles. The Labute approximate surface area is 128 Å². The van der Waals surface area contributed by atoms with E-state index >= 15 is 0 Å². The molecule has 0 radical (unpaired) electrons. The fourth-order valence-corrected chi connectivity index (χ4v) is 2.07. The molecule has 0 aliphatic carbocycles. The molecule has 0 bridgehead atoms. The summed E-state index contributed by atoms with van der Waals surface area (Å²) in [6.45, 7) is 12.0. The van der Waals surface area contributed by atoms with Crippen molar-refractivity contribution >= 4 is 5.91 Å². The largest absolute Gasteiger partial charge is 0.483 e. The lowest BCUT2D eigenvalue weighted by molar-refractivity contribution is -0.123. The van der Waals surface area contributed by atoms with Gasteiger partial charge in [-0.1, -0.05) is 38.5 Å². The molecular formula is C17H28N2O2. The van der Waals surface area contributed by atoms with Crippen LogP contribution in [0.2, 0.25) is 0 Å². The lowest BCUT2D eigenvalue weighted by atomic mass is 10.0. The molecule has 0 aromatic heterocycles. The van der Waals surface area contributed by atoms with Crippen LogP contribution in [0.15, 0.2) is 18.2 Å². The Hall–Kier alpha value is -1.55. The summed E-state index contributed by atoms with van der Waals surface area (Å²) >= 11 is 0. The van der Waals surface area contributed by atoms with Crippen LogP contribution in [0.5, 0.6) is 5.75 Å². The summed E-state index contributed by atoms with van der Waals surface area (Å²) in [7, 11) is 0. The van der Waals surface area contributed by atoms with Gasteiger partial charge in [0.1, 0.15) is 5.75 Å². The van der Waals surface area contributed by atoms with Crippen molar-refractivity contribution in [2.45, 2.75) is 40.7 Å². The Morgan fingerprint density at radius 2 is 2.00 bits per heavy atom. The fraction of sp³-hybridized carbons (Fsp3) is 0.588. The van der Waals surface area contributed by atoms with E-state index in [-0.39, 0.29) is 18.6 Å². The van der Waals surface area contributed by atoms with Crippen molar-refractivity contribution in [1.29, 1.82) is 0 Å². The third kappa shape index (κ3) is 6.17. The van der Waals surface area contributed by atoms with E-state index in [1.165, 1.54) is 5.56 Å². The SMILES string of the molecule is CCNC(C)c1cc(C)ccc1OCC(=O)NCC(C)C. The minimum atomic E-state index is -0.0775. The molecule has 1 rings (SSSR count). The van der Waals surface area contributed by atoms with Crippen LogP contribution in [0.4, 0.5) is 0 Å². The average Bonchev–Trinajstić information content (AvgIpc) is 2.43. The van der Waals surface area contributed by atoms with Crippen LogP contribution < -0.4 is 15.4 Å². The van der Waals surface area contributed by atoms with E-state index < -0.39 is 0 Å². The highest BCUT2D eigenvalue weighted by Gasteiger charge is 2.12. The molecule has 0 saturated heterocycles. The average molecular weight is 292 g/mol. The first-order valence-electron chi connectivity index (χ1n) is 7.67. The number of amides is 1. The zero-order valence-corrected chi connectivity index (χ0v) is 13.8. The topological polar surface area (TPSA) is 50.4 Å². The predicted molar refractivity (Wildman–Crippen MR) is 86.6 cm³/mol. The molecule has 0 spiro atoms. The molecule has 1 aromatic rings. The molecule has 0 saturated carbocycles. The Morgan fingerprint density at radius 1 is 1.29 bits per heavy atom.